The fourth-order valence-electron chi connectivity index (χ4n) is 7.59. The maximum Gasteiger partial charge on any atom is 0.0481 e. The van der Waals surface area contributed by atoms with Crippen molar-refractivity contribution in [3.63, 3.8) is 0 Å². The summed E-state index contributed by atoms with van der Waals surface area (Å²) in [4.78, 5) is 5.76. The van der Waals surface area contributed by atoms with Crippen LogP contribution >= 0.6 is 22.7 Å². The molecule has 0 saturated heterocycles. The van der Waals surface area contributed by atoms with Crippen LogP contribution in [0.1, 0.15) is 76.3 Å². The van der Waals surface area contributed by atoms with E-state index < -0.39 is 0 Å². The molecule has 2 heteroatoms. The molecule has 0 nitrogen and oxygen atoms in total. The van der Waals surface area contributed by atoms with Gasteiger partial charge in [-0.25, -0.2) is 0 Å². The first kappa shape index (κ1) is 32.9. The molecule has 0 fully saturated rings. The molecule has 250 valence electrons. The van der Waals surface area contributed by atoms with Crippen LogP contribution in [0.5, 0.6) is 0 Å². The van der Waals surface area contributed by atoms with Crippen molar-refractivity contribution in [2.24, 2.45) is 0 Å². The molecule has 0 atom stereocenters. The number of hydrogen-bond donors (Lipinski definition) is 0. The predicted molar refractivity (Wildman–Crippen MR) is 224 cm³/mol. The summed E-state index contributed by atoms with van der Waals surface area (Å²) in [6, 6.07) is 46.2. The van der Waals surface area contributed by atoms with Gasteiger partial charge < -0.3 is 0 Å². The molecule has 2 aromatic heterocycles. The average molecular weight is 687 g/mol. The fraction of sp³-hybridized carbons (Fsp3) is 0.250. The van der Waals surface area contributed by atoms with E-state index in [9.17, 15) is 0 Å². The van der Waals surface area contributed by atoms with Crippen molar-refractivity contribution in [2.75, 3.05) is 0 Å². The second kappa shape index (κ2) is 14.9. The highest BCUT2D eigenvalue weighted by atomic mass is 32.1. The molecule has 0 unspecified atom stereocenters. The fourth-order valence-corrected chi connectivity index (χ4v) is 10.1. The van der Waals surface area contributed by atoms with Crippen LogP contribution in [0.4, 0.5) is 0 Å². The van der Waals surface area contributed by atoms with Gasteiger partial charge in [-0.1, -0.05) is 125 Å². The Morgan fingerprint density at radius 1 is 0.360 bits per heavy atom. The lowest BCUT2D eigenvalue weighted by molar-refractivity contribution is 0.667. The van der Waals surface area contributed by atoms with Gasteiger partial charge in [-0.15, -0.1) is 22.7 Å². The third-order valence-electron chi connectivity index (χ3n) is 10.4. The number of benzene rings is 6. The van der Waals surface area contributed by atoms with E-state index >= 15 is 0 Å². The first-order valence-electron chi connectivity index (χ1n) is 18.8. The number of hydrogen-bond acceptors (Lipinski definition) is 2. The van der Waals surface area contributed by atoms with Crippen LogP contribution in [0.15, 0.2) is 121 Å². The summed E-state index contributed by atoms with van der Waals surface area (Å²) in [7, 11) is 0. The third kappa shape index (κ3) is 6.89. The lowest BCUT2D eigenvalue weighted by atomic mass is 9.98. The number of rotatable bonds is 13. The van der Waals surface area contributed by atoms with Crippen LogP contribution in [-0.4, -0.2) is 0 Å². The Labute approximate surface area is 305 Å². The van der Waals surface area contributed by atoms with Crippen molar-refractivity contribution in [1.82, 2.24) is 0 Å². The number of fused-ring (bicyclic) bond motifs is 4. The molecule has 0 N–H and O–H groups in total. The molecule has 0 bridgehead atoms. The first-order valence-corrected chi connectivity index (χ1v) is 20.4. The molecule has 0 aliphatic rings. The van der Waals surface area contributed by atoms with E-state index in [1.807, 2.05) is 22.7 Å². The molecule has 0 spiro atoms. The molecular formula is C48H46S2. The van der Waals surface area contributed by atoms with Gasteiger partial charge in [0.2, 0.25) is 0 Å². The minimum atomic E-state index is 1.14. The van der Waals surface area contributed by atoms with Gasteiger partial charge in [-0.2, -0.15) is 0 Å². The standard InChI is InChI=1S/C48H46S2/c1-3-5-7-9-19-40-32-46(50-47(40)42-24-22-38-26-34-16-12-14-18-36(34)28-44(38)30-42)48-41(20-10-8-6-4-2)31-45(49-48)39-23-21-37-25-33-15-11-13-17-35(33)27-43(37)29-39/h11-18,21-32H,3-10,19-20H2,1-2H3. The Hall–Kier alpha value is -4.24. The number of unbranched alkanes of at least 4 members (excludes halogenated alkanes) is 6. The molecule has 0 aliphatic carbocycles. The third-order valence-corrected chi connectivity index (χ3v) is 13.0. The van der Waals surface area contributed by atoms with E-state index in [1.54, 1.807) is 0 Å². The molecule has 50 heavy (non-hydrogen) atoms. The van der Waals surface area contributed by atoms with Crippen molar-refractivity contribution < 1.29 is 0 Å². The van der Waals surface area contributed by atoms with Crippen LogP contribution < -0.4 is 0 Å². The monoisotopic (exact) mass is 686 g/mol. The lowest BCUT2D eigenvalue weighted by Crippen LogP contribution is -1.87. The Balaban J connectivity index is 1.21. The van der Waals surface area contributed by atoms with Crippen molar-refractivity contribution in [3.8, 4) is 30.6 Å². The molecule has 6 aromatic carbocycles. The van der Waals surface area contributed by atoms with Gasteiger partial charge in [0.25, 0.3) is 0 Å². The Kier molecular flexibility index (Phi) is 9.84. The summed E-state index contributed by atoms with van der Waals surface area (Å²) in [5.74, 6) is 0. The summed E-state index contributed by atoms with van der Waals surface area (Å²) in [6.07, 6.45) is 12.6. The second-order valence-corrected chi connectivity index (χ2v) is 16.2. The van der Waals surface area contributed by atoms with Gasteiger partial charge >= 0.3 is 0 Å². The summed E-state index contributed by atoms with van der Waals surface area (Å²) < 4.78 is 0. The lowest BCUT2D eigenvalue weighted by Gasteiger charge is -2.07. The Bertz CT molecular complexity index is 2420. The van der Waals surface area contributed by atoms with Crippen molar-refractivity contribution in [3.05, 3.63) is 132 Å². The van der Waals surface area contributed by atoms with Gasteiger partial charge in [-0.3, -0.25) is 0 Å². The highest BCUT2D eigenvalue weighted by Crippen LogP contribution is 2.46. The molecule has 0 aliphatic heterocycles. The van der Waals surface area contributed by atoms with Gasteiger partial charge in [0.1, 0.15) is 0 Å². The molecule has 0 radical (unpaired) electrons. The highest BCUT2D eigenvalue weighted by Gasteiger charge is 2.19. The minimum Gasteiger partial charge on any atom is -0.134 e. The summed E-state index contributed by atoms with van der Waals surface area (Å²) in [5, 5.41) is 10.5. The van der Waals surface area contributed by atoms with Gasteiger partial charge in [0.05, 0.1) is 0 Å². The van der Waals surface area contributed by atoms with Crippen LogP contribution in [0, 0.1) is 0 Å². The van der Waals surface area contributed by atoms with E-state index in [-0.39, 0.29) is 0 Å². The molecular weight excluding hydrogens is 641 g/mol. The highest BCUT2D eigenvalue weighted by molar-refractivity contribution is 7.25. The van der Waals surface area contributed by atoms with E-state index in [2.05, 4.69) is 135 Å². The Morgan fingerprint density at radius 2 is 0.800 bits per heavy atom. The normalized spacial score (nSPS) is 11.8. The minimum absolute atomic E-state index is 1.14. The first-order chi connectivity index (χ1) is 24.7. The predicted octanol–water partition coefficient (Wildman–Crippen LogP) is 15.7. The topological polar surface area (TPSA) is 0 Å². The van der Waals surface area contributed by atoms with E-state index in [0.29, 0.717) is 0 Å². The molecule has 8 aromatic rings. The molecule has 2 heterocycles. The average Bonchev–Trinajstić information content (AvgIpc) is 3.77. The smallest absolute Gasteiger partial charge is 0.0481 e. The van der Waals surface area contributed by atoms with Crippen LogP contribution in [0.3, 0.4) is 0 Å². The molecule has 8 rings (SSSR count). The maximum atomic E-state index is 2.56. The summed E-state index contributed by atoms with van der Waals surface area (Å²) in [6.45, 7) is 4.61. The largest absolute Gasteiger partial charge is 0.134 e. The van der Waals surface area contributed by atoms with Gasteiger partial charge in [0.15, 0.2) is 0 Å². The van der Waals surface area contributed by atoms with Crippen molar-refractivity contribution in [2.45, 2.75) is 78.1 Å². The SMILES string of the molecule is CCCCCCc1cc(-c2sc(-c3ccc4cc5ccccc5cc4c3)cc2CCCCCC)sc1-c1ccc2cc3ccccc3cc2c1. The molecule has 0 amide bonds. The van der Waals surface area contributed by atoms with E-state index in [0.717, 1.165) is 12.8 Å². The zero-order valence-corrected chi connectivity index (χ0v) is 31.1. The summed E-state index contributed by atoms with van der Waals surface area (Å²) in [5.41, 5.74) is 5.73. The van der Waals surface area contributed by atoms with Crippen LogP contribution in [0.2, 0.25) is 0 Å². The quantitative estimate of drug-likeness (QED) is 0.0836. The second-order valence-electron chi connectivity index (χ2n) is 14.1. The van der Waals surface area contributed by atoms with Crippen molar-refractivity contribution >= 4 is 65.8 Å². The van der Waals surface area contributed by atoms with Gasteiger partial charge in [0, 0.05) is 19.5 Å². The zero-order chi connectivity index (χ0) is 33.9. The van der Waals surface area contributed by atoms with Crippen LogP contribution in [0.25, 0.3) is 73.7 Å². The zero-order valence-electron chi connectivity index (χ0n) is 29.4. The van der Waals surface area contributed by atoms with Crippen LogP contribution in [-0.2, 0) is 12.8 Å². The maximum absolute atomic E-state index is 2.56. The van der Waals surface area contributed by atoms with E-state index in [1.165, 1.54) is 136 Å². The molecule has 0 saturated carbocycles. The number of thiophene rings is 2. The van der Waals surface area contributed by atoms with Crippen molar-refractivity contribution in [1.29, 1.82) is 0 Å². The Morgan fingerprint density at radius 3 is 1.36 bits per heavy atom. The van der Waals surface area contributed by atoms with E-state index in [4.69, 9.17) is 0 Å². The van der Waals surface area contributed by atoms with Gasteiger partial charge in [-0.05, 0) is 140 Å². The summed E-state index contributed by atoms with van der Waals surface area (Å²) >= 11 is 4.03. The number of aryl methyl sites for hydroxylation is 2.